The van der Waals surface area contributed by atoms with Crippen LogP contribution in [0.1, 0.15) is 0 Å². The Morgan fingerprint density at radius 2 is 1.19 bits per heavy atom. The van der Waals surface area contributed by atoms with Crippen molar-refractivity contribution in [2.24, 2.45) is 0 Å². The molecule has 2 aromatic rings. The Labute approximate surface area is 105 Å². The molecular formula is C12H8Cl2GeO. The second kappa shape index (κ2) is 3.69. The van der Waals surface area contributed by atoms with Crippen LogP contribution in [0.3, 0.4) is 0 Å². The number of fused-ring (bicyclic) bond motifs is 2. The third-order valence-corrected chi connectivity index (χ3v) is 11.5. The fraction of sp³-hybridized carbons (Fsp3) is 0. The first kappa shape index (κ1) is 10.5. The molecule has 2 aromatic carbocycles. The van der Waals surface area contributed by atoms with Crippen LogP contribution in [0.25, 0.3) is 0 Å². The summed E-state index contributed by atoms with van der Waals surface area (Å²) in [6, 6.07) is 15.5. The molecule has 0 radical (unpaired) electrons. The summed E-state index contributed by atoms with van der Waals surface area (Å²) in [5.41, 5.74) is 0. The number of rotatable bonds is 0. The van der Waals surface area contributed by atoms with Crippen LogP contribution in [0.5, 0.6) is 11.5 Å². The van der Waals surface area contributed by atoms with Crippen molar-refractivity contribution in [2.75, 3.05) is 0 Å². The standard InChI is InChI=1S/C12H8Cl2GeO/c13-15(14)9-5-1-3-7-11(9)16-12-8-4-2-6-10(12)15/h1-8H. The average molecular weight is 312 g/mol. The number of benzene rings is 2. The molecule has 0 aromatic heterocycles. The molecule has 1 aliphatic heterocycles. The van der Waals surface area contributed by atoms with Gasteiger partial charge in [-0.15, -0.1) is 0 Å². The van der Waals surface area contributed by atoms with Gasteiger partial charge < -0.3 is 0 Å². The molecule has 4 heteroatoms. The summed E-state index contributed by atoms with van der Waals surface area (Å²) < 4.78 is 7.74. The van der Waals surface area contributed by atoms with Crippen molar-refractivity contribution in [3.8, 4) is 11.5 Å². The van der Waals surface area contributed by atoms with E-state index in [1.54, 1.807) is 0 Å². The van der Waals surface area contributed by atoms with Gasteiger partial charge in [0.05, 0.1) is 0 Å². The Morgan fingerprint density at radius 1 is 0.750 bits per heavy atom. The van der Waals surface area contributed by atoms with Gasteiger partial charge in [0.25, 0.3) is 0 Å². The first-order chi connectivity index (χ1) is 7.69. The van der Waals surface area contributed by atoms with Gasteiger partial charge in [0, 0.05) is 0 Å². The summed E-state index contributed by atoms with van der Waals surface area (Å²) in [7, 11) is 13.2. The molecular weight excluding hydrogens is 304 g/mol. The number of hydrogen-bond donors (Lipinski definition) is 0. The van der Waals surface area contributed by atoms with E-state index in [2.05, 4.69) is 0 Å². The summed E-state index contributed by atoms with van der Waals surface area (Å²) in [6.07, 6.45) is 0. The molecule has 0 bridgehead atoms. The van der Waals surface area contributed by atoms with Gasteiger partial charge in [-0.05, 0) is 0 Å². The van der Waals surface area contributed by atoms with Gasteiger partial charge in [0.2, 0.25) is 0 Å². The van der Waals surface area contributed by atoms with Gasteiger partial charge in [-0.2, -0.15) is 0 Å². The molecule has 0 unspecified atom stereocenters. The van der Waals surface area contributed by atoms with Crippen LogP contribution >= 0.6 is 20.0 Å². The summed E-state index contributed by atoms with van der Waals surface area (Å²) in [6.45, 7) is 0. The molecule has 80 valence electrons. The van der Waals surface area contributed by atoms with Gasteiger partial charge >= 0.3 is 105 Å². The normalized spacial score (nSPS) is 15.9. The van der Waals surface area contributed by atoms with Crippen molar-refractivity contribution in [2.45, 2.75) is 0 Å². The summed E-state index contributed by atoms with van der Waals surface area (Å²) >= 11 is -3.16. The summed E-state index contributed by atoms with van der Waals surface area (Å²) in [5.74, 6) is 1.59. The van der Waals surface area contributed by atoms with Crippen molar-refractivity contribution in [1.82, 2.24) is 0 Å². The first-order valence-corrected chi connectivity index (χ1v) is 12.6. The van der Waals surface area contributed by atoms with Crippen LogP contribution in [0, 0.1) is 0 Å². The minimum atomic E-state index is -3.16. The van der Waals surface area contributed by atoms with Gasteiger partial charge in [-0.25, -0.2) is 0 Å². The van der Waals surface area contributed by atoms with E-state index in [4.69, 9.17) is 24.8 Å². The van der Waals surface area contributed by atoms with E-state index in [9.17, 15) is 0 Å². The molecule has 1 heterocycles. The molecule has 0 spiro atoms. The van der Waals surface area contributed by atoms with Gasteiger partial charge in [-0.1, -0.05) is 0 Å². The van der Waals surface area contributed by atoms with Crippen molar-refractivity contribution < 1.29 is 4.74 Å². The van der Waals surface area contributed by atoms with Crippen LogP contribution in [0.15, 0.2) is 48.5 Å². The quantitative estimate of drug-likeness (QED) is 0.680. The Balaban J connectivity index is 2.28. The minimum absolute atomic E-state index is 0.797. The Hall–Kier alpha value is -0.637. The van der Waals surface area contributed by atoms with Crippen molar-refractivity contribution in [3.05, 3.63) is 48.5 Å². The van der Waals surface area contributed by atoms with Crippen LogP contribution in [-0.4, -0.2) is 11.4 Å². The molecule has 1 aliphatic rings. The predicted octanol–water partition coefficient (Wildman–Crippen LogP) is 2.83. The van der Waals surface area contributed by atoms with Crippen molar-refractivity contribution >= 4 is 40.2 Å². The van der Waals surface area contributed by atoms with Crippen LogP contribution in [0.4, 0.5) is 0 Å². The SMILES string of the molecule is [Cl][Ge]1([Cl])[c]2ccccc2Oc2cccc[c]21. The van der Waals surface area contributed by atoms with E-state index in [0.717, 1.165) is 20.3 Å². The number of halogens is 2. The fourth-order valence-corrected chi connectivity index (χ4v) is 8.89. The average Bonchev–Trinajstić information content (AvgIpc) is 2.29. The molecule has 16 heavy (non-hydrogen) atoms. The third-order valence-electron chi connectivity index (χ3n) is 2.67. The molecule has 0 amide bonds. The van der Waals surface area contributed by atoms with E-state index in [1.165, 1.54) is 0 Å². The number of hydrogen-bond acceptors (Lipinski definition) is 1. The predicted molar refractivity (Wildman–Crippen MR) is 69.7 cm³/mol. The second-order valence-corrected chi connectivity index (χ2v) is 15.2. The Bertz CT molecular complexity index is 507. The third kappa shape index (κ3) is 1.46. The fourth-order valence-electron chi connectivity index (χ4n) is 1.89. The molecule has 1 nitrogen and oxygen atoms in total. The van der Waals surface area contributed by atoms with Gasteiger partial charge in [-0.3, -0.25) is 0 Å². The number of para-hydroxylation sites is 2. The molecule has 0 fully saturated rings. The number of ether oxygens (including phenoxy) is 1. The van der Waals surface area contributed by atoms with E-state index in [1.807, 2.05) is 48.5 Å². The van der Waals surface area contributed by atoms with E-state index >= 15 is 0 Å². The zero-order chi connectivity index (χ0) is 11.2. The van der Waals surface area contributed by atoms with Gasteiger partial charge in [0.1, 0.15) is 0 Å². The molecule has 3 rings (SSSR count). The monoisotopic (exact) mass is 312 g/mol. The molecule has 0 N–H and O–H groups in total. The van der Waals surface area contributed by atoms with E-state index < -0.39 is 11.4 Å². The maximum atomic E-state index is 6.61. The molecule has 0 atom stereocenters. The summed E-state index contributed by atoms with van der Waals surface area (Å²) in [4.78, 5) is 0. The second-order valence-electron chi connectivity index (χ2n) is 3.67. The van der Waals surface area contributed by atoms with Gasteiger partial charge in [0.15, 0.2) is 0 Å². The summed E-state index contributed by atoms with van der Waals surface area (Å²) in [5, 5.41) is 0. The topological polar surface area (TPSA) is 9.23 Å². The maximum absolute atomic E-state index is 6.61. The van der Waals surface area contributed by atoms with Crippen molar-refractivity contribution in [3.63, 3.8) is 0 Å². The zero-order valence-electron chi connectivity index (χ0n) is 8.28. The molecule has 0 saturated heterocycles. The molecule has 0 saturated carbocycles. The van der Waals surface area contributed by atoms with Crippen LogP contribution < -0.4 is 13.5 Å². The van der Waals surface area contributed by atoms with E-state index in [-0.39, 0.29) is 0 Å². The Morgan fingerprint density at radius 3 is 1.69 bits per heavy atom. The van der Waals surface area contributed by atoms with Crippen LogP contribution in [-0.2, 0) is 0 Å². The zero-order valence-corrected chi connectivity index (χ0v) is 11.9. The van der Waals surface area contributed by atoms with Crippen LogP contribution in [0.2, 0.25) is 0 Å². The van der Waals surface area contributed by atoms with Crippen molar-refractivity contribution in [1.29, 1.82) is 0 Å². The Kier molecular flexibility index (Phi) is 2.42. The van der Waals surface area contributed by atoms with E-state index in [0.29, 0.717) is 0 Å². The first-order valence-electron chi connectivity index (χ1n) is 4.94. The molecule has 0 aliphatic carbocycles.